The number of aryl methyl sites for hydroxylation is 1. The molecule has 3 atom stereocenters. The Kier molecular flexibility index (Phi) is 6.75. The SMILES string of the molecule is Cc1cccc(C(=O)NC2C(=O)NC(N(N)C(C)C3CC3)=C(C(C)C)C2c2ccc(F)cc2)c1. The summed E-state index contributed by atoms with van der Waals surface area (Å²) in [5.41, 5.74) is 3.10. The number of benzene rings is 2. The Labute approximate surface area is 200 Å². The summed E-state index contributed by atoms with van der Waals surface area (Å²) < 4.78 is 13.8. The molecule has 0 bridgehead atoms. The number of carbonyl (C=O) groups is 2. The molecule has 3 unspecified atom stereocenters. The van der Waals surface area contributed by atoms with Crippen molar-refractivity contribution in [3.63, 3.8) is 0 Å². The lowest BCUT2D eigenvalue weighted by Gasteiger charge is -2.41. The first kappa shape index (κ1) is 24.0. The van der Waals surface area contributed by atoms with Crippen molar-refractivity contribution in [2.45, 2.75) is 58.5 Å². The zero-order valence-corrected chi connectivity index (χ0v) is 20.1. The topological polar surface area (TPSA) is 87.5 Å². The zero-order chi connectivity index (χ0) is 24.6. The van der Waals surface area contributed by atoms with Gasteiger partial charge in [-0.2, -0.15) is 0 Å². The second-order valence-corrected chi connectivity index (χ2v) is 9.78. The summed E-state index contributed by atoms with van der Waals surface area (Å²) in [5, 5.41) is 7.61. The van der Waals surface area contributed by atoms with Crippen LogP contribution in [0.3, 0.4) is 0 Å². The van der Waals surface area contributed by atoms with Crippen LogP contribution < -0.4 is 16.5 Å². The highest BCUT2D eigenvalue weighted by atomic mass is 19.1. The summed E-state index contributed by atoms with van der Waals surface area (Å²) in [4.78, 5) is 26.6. The fourth-order valence-corrected chi connectivity index (χ4v) is 4.80. The van der Waals surface area contributed by atoms with E-state index in [0.29, 0.717) is 17.3 Å². The molecule has 2 aromatic rings. The standard InChI is InChI=1S/C27H33FN4O2/c1-15(2)22-23(19-10-12-21(28)13-11-19)24(30-26(33)20-7-5-6-16(3)14-20)27(34)31-25(22)32(29)17(4)18-8-9-18/h5-7,10-15,17-18,23-24H,8-9,29H2,1-4H3,(H,30,33)(H,31,34). The van der Waals surface area contributed by atoms with E-state index in [1.54, 1.807) is 29.3 Å². The van der Waals surface area contributed by atoms with Gasteiger partial charge in [-0.15, -0.1) is 0 Å². The van der Waals surface area contributed by atoms with E-state index in [-0.39, 0.29) is 29.6 Å². The van der Waals surface area contributed by atoms with Gasteiger partial charge in [0.05, 0.1) is 0 Å². The molecule has 34 heavy (non-hydrogen) atoms. The maximum atomic E-state index is 13.8. The van der Waals surface area contributed by atoms with Gasteiger partial charge in [-0.05, 0) is 73.9 Å². The molecule has 0 spiro atoms. The van der Waals surface area contributed by atoms with Crippen molar-refractivity contribution in [1.29, 1.82) is 0 Å². The van der Waals surface area contributed by atoms with Gasteiger partial charge in [0.15, 0.2) is 0 Å². The fourth-order valence-electron chi connectivity index (χ4n) is 4.80. The molecule has 180 valence electrons. The van der Waals surface area contributed by atoms with Crippen LogP contribution in [-0.2, 0) is 4.79 Å². The van der Waals surface area contributed by atoms with Crippen LogP contribution in [0.2, 0.25) is 0 Å². The van der Waals surface area contributed by atoms with Crippen molar-refractivity contribution in [3.05, 3.63) is 82.4 Å². The van der Waals surface area contributed by atoms with E-state index >= 15 is 0 Å². The van der Waals surface area contributed by atoms with Crippen molar-refractivity contribution in [3.8, 4) is 0 Å². The normalized spacial score (nSPS) is 21.3. The lowest BCUT2D eigenvalue weighted by Crippen LogP contribution is -2.58. The molecule has 7 heteroatoms. The number of nitrogens with two attached hydrogens (primary N) is 1. The minimum atomic E-state index is -0.871. The van der Waals surface area contributed by atoms with Crippen LogP contribution in [0, 0.1) is 24.6 Å². The monoisotopic (exact) mass is 464 g/mol. The summed E-state index contributed by atoms with van der Waals surface area (Å²) in [7, 11) is 0. The molecule has 1 aliphatic heterocycles. The van der Waals surface area contributed by atoms with Gasteiger partial charge in [-0.1, -0.05) is 43.7 Å². The number of nitrogens with one attached hydrogen (secondary N) is 2. The van der Waals surface area contributed by atoms with Gasteiger partial charge in [0, 0.05) is 17.5 Å². The number of hydrazine groups is 1. The molecule has 4 rings (SSSR count). The van der Waals surface area contributed by atoms with Crippen molar-refractivity contribution >= 4 is 11.8 Å². The van der Waals surface area contributed by atoms with Gasteiger partial charge < -0.3 is 10.6 Å². The number of carbonyl (C=O) groups excluding carboxylic acids is 2. The Hall–Kier alpha value is -3.19. The highest BCUT2D eigenvalue weighted by Crippen LogP contribution is 2.41. The van der Waals surface area contributed by atoms with Crippen molar-refractivity contribution in [2.75, 3.05) is 0 Å². The third-order valence-electron chi connectivity index (χ3n) is 6.89. The number of hydrogen-bond acceptors (Lipinski definition) is 4. The Morgan fingerprint density at radius 3 is 2.41 bits per heavy atom. The smallest absolute Gasteiger partial charge is 0.251 e. The molecule has 0 aromatic heterocycles. The van der Waals surface area contributed by atoms with Gasteiger partial charge in [0.2, 0.25) is 5.91 Å². The first-order chi connectivity index (χ1) is 16.2. The summed E-state index contributed by atoms with van der Waals surface area (Å²) in [6.07, 6.45) is 2.23. The van der Waals surface area contributed by atoms with Crippen LogP contribution >= 0.6 is 0 Å². The molecule has 2 amide bonds. The van der Waals surface area contributed by atoms with Crippen LogP contribution in [-0.4, -0.2) is 28.9 Å². The fraction of sp³-hybridized carbons (Fsp3) is 0.407. The quantitative estimate of drug-likeness (QED) is 0.427. The van der Waals surface area contributed by atoms with Crippen molar-refractivity contribution in [1.82, 2.24) is 15.6 Å². The zero-order valence-electron chi connectivity index (χ0n) is 20.1. The largest absolute Gasteiger partial charge is 0.339 e. The van der Waals surface area contributed by atoms with E-state index in [0.717, 1.165) is 29.5 Å². The second kappa shape index (κ2) is 9.58. The number of rotatable bonds is 7. The third kappa shape index (κ3) is 4.85. The van der Waals surface area contributed by atoms with Crippen molar-refractivity contribution in [2.24, 2.45) is 17.7 Å². The third-order valence-corrected chi connectivity index (χ3v) is 6.89. The summed E-state index contributed by atoms with van der Waals surface area (Å²) in [6.45, 7) is 8.05. The molecule has 2 aliphatic rings. The van der Waals surface area contributed by atoms with Crippen molar-refractivity contribution < 1.29 is 14.0 Å². The number of halogens is 1. The summed E-state index contributed by atoms with van der Waals surface area (Å²) >= 11 is 0. The van der Waals surface area contributed by atoms with Crippen LogP contribution in [0.15, 0.2) is 59.9 Å². The maximum Gasteiger partial charge on any atom is 0.251 e. The van der Waals surface area contributed by atoms with Crippen LogP contribution in [0.5, 0.6) is 0 Å². The molecule has 1 heterocycles. The van der Waals surface area contributed by atoms with E-state index in [1.807, 2.05) is 32.9 Å². The number of amides is 2. The molecular weight excluding hydrogens is 431 g/mol. The van der Waals surface area contributed by atoms with E-state index < -0.39 is 12.0 Å². The first-order valence-electron chi connectivity index (χ1n) is 11.9. The average Bonchev–Trinajstić information content (AvgIpc) is 3.65. The maximum absolute atomic E-state index is 13.8. The molecule has 1 fully saturated rings. The lowest BCUT2D eigenvalue weighted by atomic mass is 9.77. The molecule has 6 nitrogen and oxygen atoms in total. The molecule has 2 aromatic carbocycles. The summed E-state index contributed by atoms with van der Waals surface area (Å²) in [5.74, 6) is 6.12. The van der Waals surface area contributed by atoms with Gasteiger partial charge in [-0.3, -0.25) is 14.6 Å². The molecule has 1 saturated carbocycles. The lowest BCUT2D eigenvalue weighted by molar-refractivity contribution is -0.124. The van der Waals surface area contributed by atoms with Gasteiger partial charge in [-0.25, -0.2) is 10.2 Å². The minimum Gasteiger partial charge on any atom is -0.339 e. The first-order valence-corrected chi connectivity index (χ1v) is 11.9. The molecule has 0 radical (unpaired) electrons. The minimum absolute atomic E-state index is 0.0153. The second-order valence-electron chi connectivity index (χ2n) is 9.78. The van der Waals surface area contributed by atoms with Crippen LogP contribution in [0.25, 0.3) is 0 Å². The molecule has 1 aliphatic carbocycles. The summed E-state index contributed by atoms with van der Waals surface area (Å²) in [6, 6.07) is 12.5. The van der Waals surface area contributed by atoms with E-state index in [9.17, 15) is 14.0 Å². The van der Waals surface area contributed by atoms with E-state index in [1.165, 1.54) is 12.1 Å². The Morgan fingerprint density at radius 1 is 1.15 bits per heavy atom. The molecule has 4 N–H and O–H groups in total. The highest BCUT2D eigenvalue weighted by Gasteiger charge is 2.43. The Balaban J connectivity index is 1.78. The highest BCUT2D eigenvalue weighted by molar-refractivity contribution is 5.99. The van der Waals surface area contributed by atoms with Crippen LogP contribution in [0.4, 0.5) is 4.39 Å². The number of nitrogens with zero attached hydrogens (tertiary/aromatic N) is 1. The predicted molar refractivity (Wildman–Crippen MR) is 130 cm³/mol. The molecule has 0 saturated heterocycles. The van der Waals surface area contributed by atoms with Crippen LogP contribution in [0.1, 0.15) is 61.0 Å². The number of hydrogen-bond donors (Lipinski definition) is 3. The average molecular weight is 465 g/mol. The van der Waals surface area contributed by atoms with Gasteiger partial charge in [0.25, 0.3) is 5.91 Å². The Bertz CT molecular complexity index is 1110. The van der Waals surface area contributed by atoms with Gasteiger partial charge in [0.1, 0.15) is 17.7 Å². The van der Waals surface area contributed by atoms with Gasteiger partial charge >= 0.3 is 0 Å². The molecular formula is C27H33FN4O2. The Morgan fingerprint density at radius 2 is 1.82 bits per heavy atom. The predicted octanol–water partition coefficient (Wildman–Crippen LogP) is 3.99. The van der Waals surface area contributed by atoms with E-state index in [2.05, 4.69) is 17.6 Å². The van der Waals surface area contributed by atoms with E-state index in [4.69, 9.17) is 5.84 Å².